The Hall–Kier alpha value is -2.24. The van der Waals surface area contributed by atoms with Crippen molar-refractivity contribution < 1.29 is 13.9 Å². The molecular weight excluding hydrogens is 225 g/mol. The molecule has 0 fully saturated rings. The van der Waals surface area contributed by atoms with Crippen molar-refractivity contribution in [2.45, 2.75) is 0 Å². The number of H-pyrrole nitrogens is 1. The van der Waals surface area contributed by atoms with Gasteiger partial charge in [0.15, 0.2) is 11.6 Å². The van der Waals surface area contributed by atoms with Gasteiger partial charge in [0.2, 0.25) is 0 Å². The van der Waals surface area contributed by atoms with Crippen LogP contribution < -0.4 is 15.2 Å². The maximum atomic E-state index is 13.5. The number of ether oxygens (including phenoxy) is 2. The van der Waals surface area contributed by atoms with Crippen molar-refractivity contribution in [3.63, 3.8) is 0 Å². The van der Waals surface area contributed by atoms with Crippen LogP contribution >= 0.6 is 0 Å². The Labute approximate surface area is 97.3 Å². The van der Waals surface area contributed by atoms with Crippen LogP contribution in [-0.2, 0) is 0 Å². The van der Waals surface area contributed by atoms with Crippen LogP contribution in [0.15, 0.2) is 18.3 Å². The van der Waals surface area contributed by atoms with Gasteiger partial charge in [-0.1, -0.05) is 0 Å². The maximum Gasteiger partial charge on any atom is 0.168 e. The van der Waals surface area contributed by atoms with Crippen LogP contribution in [0.3, 0.4) is 0 Å². The van der Waals surface area contributed by atoms with Gasteiger partial charge in [-0.05, 0) is 6.07 Å². The summed E-state index contributed by atoms with van der Waals surface area (Å²) in [5, 5.41) is 6.42. The molecule has 0 bridgehead atoms. The third-order valence-electron chi connectivity index (χ3n) is 2.43. The molecule has 1 aromatic carbocycles. The molecule has 1 heterocycles. The van der Waals surface area contributed by atoms with Crippen LogP contribution in [0.4, 0.5) is 10.2 Å². The number of benzene rings is 1. The minimum absolute atomic E-state index is 0.126. The van der Waals surface area contributed by atoms with Crippen molar-refractivity contribution in [2.24, 2.45) is 0 Å². The summed E-state index contributed by atoms with van der Waals surface area (Å²) in [5.41, 5.74) is 6.98. The first-order chi connectivity index (χ1) is 8.17. The van der Waals surface area contributed by atoms with Crippen LogP contribution in [0.2, 0.25) is 0 Å². The number of nitrogens with two attached hydrogens (primary N) is 1. The van der Waals surface area contributed by atoms with Gasteiger partial charge in [-0.2, -0.15) is 5.10 Å². The molecule has 6 heteroatoms. The van der Waals surface area contributed by atoms with Crippen LogP contribution in [-0.4, -0.2) is 24.4 Å². The highest BCUT2D eigenvalue weighted by Gasteiger charge is 2.15. The molecular formula is C11H12FN3O2. The van der Waals surface area contributed by atoms with Crippen LogP contribution in [0.5, 0.6) is 11.5 Å². The summed E-state index contributed by atoms with van der Waals surface area (Å²) >= 11 is 0. The van der Waals surface area contributed by atoms with Crippen molar-refractivity contribution in [1.29, 1.82) is 0 Å². The van der Waals surface area contributed by atoms with E-state index in [4.69, 9.17) is 15.2 Å². The average molecular weight is 237 g/mol. The highest BCUT2D eigenvalue weighted by Crippen LogP contribution is 2.37. The Morgan fingerprint density at radius 1 is 1.18 bits per heavy atom. The summed E-state index contributed by atoms with van der Waals surface area (Å²) in [4.78, 5) is 0. The predicted molar refractivity (Wildman–Crippen MR) is 61.5 cm³/mol. The summed E-state index contributed by atoms with van der Waals surface area (Å²) in [6, 6.07) is 2.77. The highest BCUT2D eigenvalue weighted by atomic mass is 19.1. The van der Waals surface area contributed by atoms with E-state index in [0.29, 0.717) is 22.7 Å². The Morgan fingerprint density at radius 2 is 1.88 bits per heavy atom. The lowest BCUT2D eigenvalue weighted by molar-refractivity contribution is 0.378. The molecule has 90 valence electrons. The normalized spacial score (nSPS) is 10.3. The minimum Gasteiger partial charge on any atom is -0.496 e. The maximum absolute atomic E-state index is 13.5. The summed E-state index contributed by atoms with van der Waals surface area (Å²) in [7, 11) is 2.86. The van der Waals surface area contributed by atoms with Gasteiger partial charge in [0, 0.05) is 17.2 Å². The number of aromatic nitrogens is 2. The van der Waals surface area contributed by atoms with E-state index in [2.05, 4.69) is 10.2 Å². The Bertz CT molecular complexity index is 540. The minimum atomic E-state index is -0.491. The van der Waals surface area contributed by atoms with Gasteiger partial charge in [-0.3, -0.25) is 5.10 Å². The third-order valence-corrected chi connectivity index (χ3v) is 2.43. The zero-order chi connectivity index (χ0) is 12.4. The second-order valence-corrected chi connectivity index (χ2v) is 3.38. The fraction of sp³-hybridized carbons (Fsp3) is 0.182. The molecule has 0 spiro atoms. The molecule has 0 amide bonds. The van der Waals surface area contributed by atoms with Gasteiger partial charge in [-0.25, -0.2) is 4.39 Å². The van der Waals surface area contributed by atoms with Crippen LogP contribution in [0.25, 0.3) is 11.1 Å². The lowest BCUT2D eigenvalue weighted by Gasteiger charge is -2.10. The molecule has 1 aromatic heterocycles. The Morgan fingerprint density at radius 3 is 2.41 bits per heavy atom. The SMILES string of the molecule is COc1cc(-c2cn[nH]c2N)c(OC)cc1F. The number of aromatic amines is 1. The molecule has 0 saturated carbocycles. The Balaban J connectivity index is 2.63. The lowest BCUT2D eigenvalue weighted by Crippen LogP contribution is -1.95. The molecule has 0 aliphatic heterocycles. The van der Waals surface area contributed by atoms with E-state index in [1.165, 1.54) is 26.4 Å². The number of nitrogen functional groups attached to an aromatic ring is 1. The standard InChI is InChI=1S/C11H12FN3O2/c1-16-9-4-8(12)10(17-2)3-6(9)7-5-14-15-11(7)13/h3-5H,1-2H3,(H3,13,14,15). The first kappa shape index (κ1) is 11.3. The fourth-order valence-electron chi connectivity index (χ4n) is 1.58. The monoisotopic (exact) mass is 237 g/mol. The van der Waals surface area contributed by atoms with Gasteiger partial charge in [0.05, 0.1) is 20.4 Å². The number of anilines is 1. The number of methoxy groups -OCH3 is 2. The molecule has 5 nitrogen and oxygen atoms in total. The quantitative estimate of drug-likeness (QED) is 0.853. The van der Waals surface area contributed by atoms with Crippen molar-refractivity contribution >= 4 is 5.82 Å². The van der Waals surface area contributed by atoms with E-state index in [1.807, 2.05) is 0 Å². The molecule has 3 N–H and O–H groups in total. The number of nitrogens with one attached hydrogen (secondary N) is 1. The smallest absolute Gasteiger partial charge is 0.168 e. The molecule has 0 unspecified atom stereocenters. The summed E-state index contributed by atoms with van der Waals surface area (Å²) in [6.07, 6.45) is 1.55. The highest BCUT2D eigenvalue weighted by molar-refractivity contribution is 5.79. The number of hydrogen-bond acceptors (Lipinski definition) is 4. The van der Waals surface area contributed by atoms with Crippen molar-refractivity contribution in [3.8, 4) is 22.6 Å². The van der Waals surface area contributed by atoms with Gasteiger partial charge in [-0.15, -0.1) is 0 Å². The van der Waals surface area contributed by atoms with E-state index in [1.54, 1.807) is 6.20 Å². The van der Waals surface area contributed by atoms with Crippen molar-refractivity contribution in [2.75, 3.05) is 20.0 Å². The molecule has 17 heavy (non-hydrogen) atoms. The number of rotatable bonds is 3. The van der Waals surface area contributed by atoms with Crippen molar-refractivity contribution in [3.05, 3.63) is 24.1 Å². The zero-order valence-electron chi connectivity index (χ0n) is 9.45. The summed E-state index contributed by atoms with van der Waals surface area (Å²) in [6.45, 7) is 0. The molecule has 0 atom stereocenters. The molecule has 0 aliphatic carbocycles. The number of nitrogens with zero attached hydrogens (tertiary/aromatic N) is 1. The van der Waals surface area contributed by atoms with E-state index < -0.39 is 5.82 Å². The second-order valence-electron chi connectivity index (χ2n) is 3.38. The van der Waals surface area contributed by atoms with Gasteiger partial charge in [0.25, 0.3) is 0 Å². The van der Waals surface area contributed by atoms with Gasteiger partial charge >= 0.3 is 0 Å². The third kappa shape index (κ3) is 1.89. The first-order valence-electron chi connectivity index (χ1n) is 4.88. The van der Waals surface area contributed by atoms with Crippen molar-refractivity contribution in [1.82, 2.24) is 10.2 Å². The Kier molecular flexibility index (Phi) is 2.86. The topological polar surface area (TPSA) is 73.2 Å². The van der Waals surface area contributed by atoms with Crippen LogP contribution in [0.1, 0.15) is 0 Å². The first-order valence-corrected chi connectivity index (χ1v) is 4.88. The van der Waals surface area contributed by atoms with Gasteiger partial charge in [0.1, 0.15) is 11.6 Å². The molecule has 2 rings (SSSR count). The fourth-order valence-corrected chi connectivity index (χ4v) is 1.58. The van der Waals surface area contributed by atoms with E-state index in [-0.39, 0.29) is 5.75 Å². The molecule has 0 radical (unpaired) electrons. The van der Waals surface area contributed by atoms with E-state index in [9.17, 15) is 4.39 Å². The molecule has 2 aromatic rings. The van der Waals surface area contributed by atoms with E-state index in [0.717, 1.165) is 0 Å². The number of halogens is 1. The summed E-state index contributed by atoms with van der Waals surface area (Å²) < 4.78 is 23.5. The summed E-state index contributed by atoms with van der Waals surface area (Å²) in [5.74, 6) is 0.393. The lowest BCUT2D eigenvalue weighted by atomic mass is 10.1. The average Bonchev–Trinajstić information content (AvgIpc) is 2.75. The van der Waals surface area contributed by atoms with Gasteiger partial charge < -0.3 is 15.2 Å². The zero-order valence-corrected chi connectivity index (χ0v) is 9.45. The largest absolute Gasteiger partial charge is 0.496 e. The van der Waals surface area contributed by atoms with E-state index >= 15 is 0 Å². The molecule has 0 aliphatic rings. The molecule has 0 saturated heterocycles. The van der Waals surface area contributed by atoms with Crippen LogP contribution in [0, 0.1) is 5.82 Å². The predicted octanol–water partition coefficient (Wildman–Crippen LogP) is 1.82. The number of hydrogen-bond donors (Lipinski definition) is 2. The second kappa shape index (κ2) is 4.32.